The molecular formula is C13H15N9S. The first-order chi connectivity index (χ1) is 11.0. The maximum atomic E-state index is 8.65. The molecule has 2 aromatic heterocycles. The van der Waals surface area contributed by atoms with Crippen molar-refractivity contribution in [1.82, 2.24) is 15.3 Å². The minimum Gasteiger partial charge on any atom is -0.370 e. The Bertz CT molecular complexity index is 796. The van der Waals surface area contributed by atoms with Crippen molar-refractivity contribution in [2.24, 2.45) is 21.5 Å². The van der Waals surface area contributed by atoms with Crippen molar-refractivity contribution >= 4 is 34.2 Å². The molecule has 0 saturated carbocycles. The smallest absolute Gasteiger partial charge is 0.212 e. The number of hydrogen-bond acceptors (Lipinski definition) is 6. The number of nitrogens with zero attached hydrogens (tertiary/aromatic N) is 5. The van der Waals surface area contributed by atoms with Gasteiger partial charge in [-0.1, -0.05) is 6.07 Å². The maximum Gasteiger partial charge on any atom is 0.212 e. The van der Waals surface area contributed by atoms with E-state index in [0.29, 0.717) is 28.3 Å². The minimum absolute atomic E-state index is 0.0441. The summed E-state index contributed by atoms with van der Waals surface area (Å²) in [7, 11) is 1.56. The fourth-order valence-corrected chi connectivity index (χ4v) is 2.40. The molecule has 2 heterocycles. The van der Waals surface area contributed by atoms with Crippen LogP contribution in [0.5, 0.6) is 0 Å². The highest BCUT2D eigenvalue weighted by Gasteiger charge is 2.10. The predicted octanol–water partition coefficient (Wildman–Crippen LogP) is 0.887. The first kappa shape index (κ1) is 16.2. The van der Waals surface area contributed by atoms with Crippen molar-refractivity contribution in [3.8, 4) is 17.6 Å². The average molecular weight is 329 g/mol. The van der Waals surface area contributed by atoms with Crippen LogP contribution in [0.1, 0.15) is 5.56 Å². The van der Waals surface area contributed by atoms with Gasteiger partial charge in [0.25, 0.3) is 0 Å². The summed E-state index contributed by atoms with van der Waals surface area (Å²) in [4.78, 5) is 16.7. The molecule has 2 rings (SSSR count). The van der Waals surface area contributed by atoms with Gasteiger partial charge in [-0.2, -0.15) is 10.3 Å². The van der Waals surface area contributed by atoms with Crippen molar-refractivity contribution < 1.29 is 0 Å². The van der Waals surface area contributed by atoms with Crippen LogP contribution in [-0.2, 0) is 0 Å². The number of guanidine groups is 2. The van der Waals surface area contributed by atoms with Gasteiger partial charge in [0.2, 0.25) is 11.1 Å². The number of pyridine rings is 1. The highest BCUT2D eigenvalue weighted by Crippen LogP contribution is 2.28. The largest absolute Gasteiger partial charge is 0.370 e. The summed E-state index contributed by atoms with van der Waals surface area (Å²) in [6, 6.07) is 3.68. The van der Waals surface area contributed by atoms with Crippen molar-refractivity contribution in [2.45, 2.75) is 6.92 Å². The molecule has 0 atom stereocenters. The Kier molecular flexibility index (Phi) is 5.06. The molecule has 0 amide bonds. The van der Waals surface area contributed by atoms with Gasteiger partial charge in [-0.25, -0.2) is 9.97 Å². The van der Waals surface area contributed by atoms with Gasteiger partial charge < -0.3 is 16.8 Å². The van der Waals surface area contributed by atoms with E-state index in [1.54, 1.807) is 19.3 Å². The molecule has 0 fully saturated rings. The van der Waals surface area contributed by atoms with Crippen LogP contribution in [0.2, 0.25) is 0 Å². The standard InChI is InChI=1S/C13H15N9S/c1-7-3-4-9(21-12(17-2)18-6-14)20-10(7)8-5-23-13(19-8)22-11(15)16/h3-5H,1-2H3,(H4,15,16,19,22)(H2,17,18,20,21). The van der Waals surface area contributed by atoms with Crippen LogP contribution < -0.4 is 22.1 Å². The lowest BCUT2D eigenvalue weighted by Crippen LogP contribution is -2.26. The summed E-state index contributed by atoms with van der Waals surface area (Å²) in [5, 5.41) is 16.3. The SMILES string of the molecule is CN=C(NC#N)Nc1ccc(C)c(-c2csc(N=C(N)N)n2)n1. The number of aryl methyl sites for hydroxylation is 1. The topological polar surface area (TPSA) is 150 Å². The van der Waals surface area contributed by atoms with E-state index in [9.17, 15) is 0 Å². The fraction of sp³-hybridized carbons (Fsp3) is 0.154. The lowest BCUT2D eigenvalue weighted by molar-refractivity contribution is 1.18. The van der Waals surface area contributed by atoms with Gasteiger partial charge in [-0.15, -0.1) is 11.3 Å². The molecular weight excluding hydrogens is 314 g/mol. The zero-order chi connectivity index (χ0) is 16.8. The fourth-order valence-electron chi connectivity index (χ4n) is 1.71. The van der Waals surface area contributed by atoms with Gasteiger partial charge in [-0.3, -0.25) is 10.3 Å². The van der Waals surface area contributed by atoms with E-state index in [4.69, 9.17) is 16.7 Å². The molecule has 0 aromatic carbocycles. The molecule has 0 saturated heterocycles. The van der Waals surface area contributed by atoms with Gasteiger partial charge in [0.05, 0.1) is 5.69 Å². The Morgan fingerprint density at radius 2 is 2.13 bits per heavy atom. The molecule has 6 N–H and O–H groups in total. The molecule has 118 valence electrons. The van der Waals surface area contributed by atoms with Crippen LogP contribution in [0.25, 0.3) is 11.4 Å². The Hall–Kier alpha value is -3.19. The molecule has 0 aliphatic rings. The molecule has 0 aliphatic heterocycles. The number of nitrogens with one attached hydrogen (secondary N) is 2. The Morgan fingerprint density at radius 3 is 2.78 bits per heavy atom. The van der Waals surface area contributed by atoms with Crippen molar-refractivity contribution in [3.63, 3.8) is 0 Å². The van der Waals surface area contributed by atoms with Crippen molar-refractivity contribution in [1.29, 1.82) is 5.26 Å². The first-order valence-electron chi connectivity index (χ1n) is 6.45. The summed E-state index contributed by atoms with van der Waals surface area (Å²) in [6.07, 6.45) is 1.80. The quantitative estimate of drug-likeness (QED) is 0.282. The average Bonchev–Trinajstić information content (AvgIpc) is 2.96. The molecule has 0 spiro atoms. The maximum absolute atomic E-state index is 8.65. The zero-order valence-corrected chi connectivity index (χ0v) is 13.3. The van der Waals surface area contributed by atoms with Crippen LogP contribution in [-0.4, -0.2) is 28.9 Å². The second-order valence-corrected chi connectivity index (χ2v) is 5.18. The van der Waals surface area contributed by atoms with Gasteiger partial charge in [0.1, 0.15) is 11.5 Å². The van der Waals surface area contributed by atoms with E-state index >= 15 is 0 Å². The van der Waals surface area contributed by atoms with Crippen molar-refractivity contribution in [3.05, 3.63) is 23.1 Å². The van der Waals surface area contributed by atoms with Crippen LogP contribution in [0, 0.1) is 18.4 Å². The van der Waals surface area contributed by atoms with E-state index < -0.39 is 0 Å². The van der Waals surface area contributed by atoms with Crippen LogP contribution in [0.3, 0.4) is 0 Å². The Balaban J connectivity index is 2.32. The molecule has 10 heteroatoms. The third kappa shape index (κ3) is 4.14. The van der Waals surface area contributed by atoms with E-state index in [-0.39, 0.29) is 5.96 Å². The summed E-state index contributed by atoms with van der Waals surface area (Å²) in [6.45, 7) is 1.92. The van der Waals surface area contributed by atoms with E-state index in [2.05, 4.69) is 30.6 Å². The number of aromatic nitrogens is 2. The summed E-state index contributed by atoms with van der Waals surface area (Å²) < 4.78 is 0. The number of aliphatic imine (C=N–C) groups is 2. The van der Waals surface area contributed by atoms with Gasteiger partial charge in [-0.05, 0) is 18.6 Å². The van der Waals surface area contributed by atoms with Gasteiger partial charge in [0, 0.05) is 12.4 Å². The predicted molar refractivity (Wildman–Crippen MR) is 91.3 cm³/mol. The molecule has 0 radical (unpaired) electrons. The highest BCUT2D eigenvalue weighted by molar-refractivity contribution is 7.13. The lowest BCUT2D eigenvalue weighted by atomic mass is 10.2. The number of anilines is 1. The number of nitriles is 1. The third-order valence-electron chi connectivity index (χ3n) is 2.70. The molecule has 0 bridgehead atoms. The van der Waals surface area contributed by atoms with Crippen LogP contribution in [0.15, 0.2) is 27.5 Å². The lowest BCUT2D eigenvalue weighted by Gasteiger charge is -2.09. The first-order valence-corrected chi connectivity index (χ1v) is 7.33. The van der Waals surface area contributed by atoms with Crippen LogP contribution >= 0.6 is 11.3 Å². The molecule has 23 heavy (non-hydrogen) atoms. The van der Waals surface area contributed by atoms with Gasteiger partial charge in [0.15, 0.2) is 12.2 Å². The summed E-state index contributed by atoms with van der Waals surface area (Å²) >= 11 is 1.32. The zero-order valence-electron chi connectivity index (χ0n) is 12.5. The number of thiazole rings is 1. The summed E-state index contributed by atoms with van der Waals surface area (Å²) in [5.74, 6) is 0.789. The number of hydrogen-bond donors (Lipinski definition) is 4. The van der Waals surface area contributed by atoms with E-state index in [1.165, 1.54) is 11.3 Å². The second kappa shape index (κ2) is 7.19. The summed E-state index contributed by atoms with van der Waals surface area (Å²) in [5.41, 5.74) is 13.0. The molecule has 0 aliphatic carbocycles. The second-order valence-electron chi connectivity index (χ2n) is 4.35. The minimum atomic E-state index is -0.0441. The molecule has 2 aromatic rings. The molecule has 0 unspecified atom stereocenters. The van der Waals surface area contributed by atoms with E-state index in [1.807, 2.05) is 18.4 Å². The number of rotatable bonds is 3. The monoisotopic (exact) mass is 329 g/mol. The Morgan fingerprint density at radius 1 is 1.35 bits per heavy atom. The normalized spacial score (nSPS) is 10.7. The van der Waals surface area contributed by atoms with Gasteiger partial charge >= 0.3 is 0 Å². The highest BCUT2D eigenvalue weighted by atomic mass is 32.1. The van der Waals surface area contributed by atoms with Crippen molar-refractivity contribution in [2.75, 3.05) is 12.4 Å². The third-order valence-corrected chi connectivity index (χ3v) is 3.44. The molecule has 9 nitrogen and oxygen atoms in total. The van der Waals surface area contributed by atoms with Crippen LogP contribution in [0.4, 0.5) is 10.9 Å². The number of nitrogens with two attached hydrogens (primary N) is 2. The Labute approximate surface area is 136 Å². The van der Waals surface area contributed by atoms with E-state index in [0.717, 1.165) is 5.56 Å².